The fraction of sp³-hybridized carbons (Fsp3) is 0.467. The summed E-state index contributed by atoms with van der Waals surface area (Å²) in [6.45, 7) is 4.10. The van der Waals surface area contributed by atoms with Crippen molar-refractivity contribution in [1.82, 2.24) is 9.62 Å². The van der Waals surface area contributed by atoms with Crippen LogP contribution in [0.4, 0.5) is 5.69 Å². The van der Waals surface area contributed by atoms with Gasteiger partial charge >= 0.3 is 0 Å². The molecule has 0 aliphatic heterocycles. The van der Waals surface area contributed by atoms with Gasteiger partial charge in [0, 0.05) is 25.8 Å². The van der Waals surface area contributed by atoms with Crippen LogP contribution in [0.5, 0.6) is 0 Å². The molecule has 8 heteroatoms. The lowest BCUT2D eigenvalue weighted by Crippen LogP contribution is -2.36. The van der Waals surface area contributed by atoms with Crippen LogP contribution in [0, 0.1) is 13.8 Å². The van der Waals surface area contributed by atoms with E-state index in [2.05, 4.69) is 10.6 Å². The molecule has 0 fully saturated rings. The van der Waals surface area contributed by atoms with Crippen LogP contribution in [0.3, 0.4) is 0 Å². The number of hydrogen-bond donors (Lipinski definition) is 2. The standard InChI is InChI=1S/C15H23N3O4S/c1-11-5-6-12(2)13(9-11)17-15(20)10-14(19)16-7-8-18(3)23(4,21)22/h5-6,9H,7-8,10H2,1-4H3,(H,16,19)(H,17,20). The normalized spacial score (nSPS) is 11.3. The van der Waals surface area contributed by atoms with E-state index >= 15 is 0 Å². The molecule has 0 heterocycles. The van der Waals surface area contributed by atoms with E-state index < -0.39 is 21.8 Å². The second-order valence-corrected chi connectivity index (χ2v) is 7.57. The molecule has 2 N–H and O–H groups in total. The van der Waals surface area contributed by atoms with E-state index in [0.29, 0.717) is 5.69 Å². The predicted octanol–water partition coefficient (Wildman–Crippen LogP) is 0.640. The summed E-state index contributed by atoms with van der Waals surface area (Å²) < 4.78 is 23.5. The van der Waals surface area contributed by atoms with E-state index in [4.69, 9.17) is 0 Å². The molecular weight excluding hydrogens is 318 g/mol. The minimum absolute atomic E-state index is 0.152. The van der Waals surface area contributed by atoms with Crippen LogP contribution in [0.15, 0.2) is 18.2 Å². The molecule has 0 unspecified atom stereocenters. The van der Waals surface area contributed by atoms with Crippen molar-refractivity contribution in [2.75, 3.05) is 31.7 Å². The average molecular weight is 341 g/mol. The number of benzene rings is 1. The zero-order chi connectivity index (χ0) is 17.6. The number of carbonyl (C=O) groups is 2. The van der Waals surface area contributed by atoms with Crippen molar-refractivity contribution in [2.24, 2.45) is 0 Å². The lowest BCUT2D eigenvalue weighted by atomic mass is 10.1. The van der Waals surface area contributed by atoms with Gasteiger partial charge < -0.3 is 10.6 Å². The van der Waals surface area contributed by atoms with Gasteiger partial charge in [-0.3, -0.25) is 9.59 Å². The topological polar surface area (TPSA) is 95.6 Å². The fourth-order valence-corrected chi connectivity index (χ4v) is 2.21. The molecule has 0 aromatic heterocycles. The van der Waals surface area contributed by atoms with Gasteiger partial charge in [0.15, 0.2) is 0 Å². The third-order valence-electron chi connectivity index (χ3n) is 3.30. The van der Waals surface area contributed by atoms with Gasteiger partial charge in [-0.25, -0.2) is 12.7 Å². The first-order chi connectivity index (χ1) is 10.6. The number of carbonyl (C=O) groups excluding carboxylic acids is 2. The summed E-state index contributed by atoms with van der Waals surface area (Å²) in [7, 11) is -1.85. The quantitative estimate of drug-likeness (QED) is 0.712. The maximum Gasteiger partial charge on any atom is 0.233 e. The van der Waals surface area contributed by atoms with Crippen LogP contribution in [0.2, 0.25) is 0 Å². The molecule has 0 radical (unpaired) electrons. The van der Waals surface area contributed by atoms with Crippen molar-refractivity contribution in [1.29, 1.82) is 0 Å². The van der Waals surface area contributed by atoms with Gasteiger partial charge in [-0.1, -0.05) is 12.1 Å². The first-order valence-corrected chi connectivity index (χ1v) is 8.99. The molecule has 0 spiro atoms. The first kappa shape index (κ1) is 19.1. The lowest BCUT2D eigenvalue weighted by molar-refractivity contribution is -0.126. The first-order valence-electron chi connectivity index (χ1n) is 7.14. The van der Waals surface area contributed by atoms with E-state index in [1.807, 2.05) is 32.0 Å². The van der Waals surface area contributed by atoms with E-state index in [1.165, 1.54) is 7.05 Å². The molecule has 1 aromatic carbocycles. The summed E-state index contributed by atoms with van der Waals surface area (Å²) >= 11 is 0. The minimum atomic E-state index is -3.27. The van der Waals surface area contributed by atoms with Crippen LogP contribution < -0.4 is 10.6 Å². The van der Waals surface area contributed by atoms with Gasteiger partial charge in [-0.05, 0) is 31.0 Å². The number of likely N-dealkylation sites (N-methyl/N-ethyl adjacent to an activating group) is 1. The molecule has 2 amide bonds. The molecule has 0 saturated heterocycles. The molecule has 23 heavy (non-hydrogen) atoms. The summed E-state index contributed by atoms with van der Waals surface area (Å²) in [5.41, 5.74) is 2.61. The van der Waals surface area contributed by atoms with Crippen LogP contribution in [0.25, 0.3) is 0 Å². The van der Waals surface area contributed by atoms with Crippen molar-refractivity contribution in [3.05, 3.63) is 29.3 Å². The lowest BCUT2D eigenvalue weighted by Gasteiger charge is -2.14. The predicted molar refractivity (Wildman–Crippen MR) is 89.6 cm³/mol. The van der Waals surface area contributed by atoms with Crippen LogP contribution in [-0.4, -0.2) is 50.9 Å². The van der Waals surface area contributed by atoms with Gasteiger partial charge in [-0.2, -0.15) is 0 Å². The second kappa shape index (κ2) is 8.07. The van der Waals surface area contributed by atoms with E-state index in [1.54, 1.807) is 0 Å². The summed E-state index contributed by atoms with van der Waals surface area (Å²) in [6, 6.07) is 5.67. The Kier molecular flexibility index (Phi) is 6.71. The van der Waals surface area contributed by atoms with Crippen molar-refractivity contribution in [2.45, 2.75) is 20.3 Å². The zero-order valence-electron chi connectivity index (χ0n) is 13.8. The Morgan fingerprint density at radius 1 is 1.17 bits per heavy atom. The molecule has 0 atom stereocenters. The number of sulfonamides is 1. The molecule has 0 aliphatic rings. The average Bonchev–Trinajstić information content (AvgIpc) is 2.41. The SMILES string of the molecule is Cc1ccc(C)c(NC(=O)CC(=O)NCCN(C)S(C)(=O)=O)c1. The van der Waals surface area contributed by atoms with E-state index in [9.17, 15) is 18.0 Å². The zero-order valence-corrected chi connectivity index (χ0v) is 14.7. The van der Waals surface area contributed by atoms with Gasteiger partial charge in [-0.15, -0.1) is 0 Å². The fourth-order valence-electron chi connectivity index (χ4n) is 1.79. The Labute approximate surface area is 137 Å². The highest BCUT2D eigenvalue weighted by Gasteiger charge is 2.13. The van der Waals surface area contributed by atoms with Crippen molar-refractivity contribution >= 4 is 27.5 Å². The van der Waals surface area contributed by atoms with Gasteiger partial charge in [0.2, 0.25) is 21.8 Å². The largest absolute Gasteiger partial charge is 0.354 e. The van der Waals surface area contributed by atoms with Crippen molar-refractivity contribution in [3.8, 4) is 0 Å². The second-order valence-electron chi connectivity index (χ2n) is 5.48. The number of nitrogens with zero attached hydrogens (tertiary/aromatic N) is 1. The van der Waals surface area contributed by atoms with Crippen molar-refractivity contribution < 1.29 is 18.0 Å². The minimum Gasteiger partial charge on any atom is -0.354 e. The summed E-state index contributed by atoms with van der Waals surface area (Å²) in [5.74, 6) is -0.859. The summed E-state index contributed by atoms with van der Waals surface area (Å²) in [6.07, 6.45) is 0.780. The van der Waals surface area contributed by atoms with Gasteiger partial charge in [0.05, 0.1) is 6.26 Å². The van der Waals surface area contributed by atoms with Crippen molar-refractivity contribution in [3.63, 3.8) is 0 Å². The Morgan fingerprint density at radius 3 is 2.43 bits per heavy atom. The van der Waals surface area contributed by atoms with Gasteiger partial charge in [0.25, 0.3) is 0 Å². The summed E-state index contributed by atoms with van der Waals surface area (Å²) in [5, 5.41) is 5.22. The number of amides is 2. The molecule has 128 valence electrons. The van der Waals surface area contributed by atoms with E-state index in [-0.39, 0.29) is 19.5 Å². The third-order valence-corrected chi connectivity index (χ3v) is 4.62. The maximum absolute atomic E-state index is 11.9. The number of hydrogen-bond acceptors (Lipinski definition) is 4. The van der Waals surface area contributed by atoms with Crippen LogP contribution >= 0.6 is 0 Å². The third kappa shape index (κ3) is 6.79. The molecule has 7 nitrogen and oxygen atoms in total. The Hall–Kier alpha value is -1.93. The summed E-state index contributed by atoms with van der Waals surface area (Å²) in [4.78, 5) is 23.6. The Balaban J connectivity index is 2.42. The van der Waals surface area contributed by atoms with Crippen LogP contribution in [0.1, 0.15) is 17.5 Å². The monoisotopic (exact) mass is 341 g/mol. The Morgan fingerprint density at radius 2 is 1.83 bits per heavy atom. The number of nitrogens with one attached hydrogen (secondary N) is 2. The molecule has 1 rings (SSSR count). The number of aryl methyl sites for hydroxylation is 2. The van der Waals surface area contributed by atoms with Gasteiger partial charge in [0.1, 0.15) is 6.42 Å². The number of anilines is 1. The molecule has 0 saturated carbocycles. The highest BCUT2D eigenvalue weighted by Crippen LogP contribution is 2.16. The van der Waals surface area contributed by atoms with E-state index in [0.717, 1.165) is 21.7 Å². The van der Waals surface area contributed by atoms with Crippen LogP contribution in [-0.2, 0) is 19.6 Å². The number of rotatable bonds is 7. The molecule has 0 aliphatic carbocycles. The smallest absolute Gasteiger partial charge is 0.233 e. The highest BCUT2D eigenvalue weighted by molar-refractivity contribution is 7.88. The molecule has 1 aromatic rings. The Bertz CT molecular complexity index is 686. The maximum atomic E-state index is 11.9. The highest BCUT2D eigenvalue weighted by atomic mass is 32.2. The molecule has 0 bridgehead atoms. The molecular formula is C15H23N3O4S.